The third-order valence-electron chi connectivity index (χ3n) is 4.89. The molecule has 9 nitrogen and oxygen atoms in total. The lowest BCUT2D eigenvalue weighted by atomic mass is 10.1. The number of amides is 2. The Morgan fingerprint density at radius 1 is 1.13 bits per heavy atom. The van der Waals surface area contributed by atoms with Crippen molar-refractivity contribution in [2.75, 3.05) is 24.7 Å². The molecule has 2 amide bonds. The van der Waals surface area contributed by atoms with Crippen molar-refractivity contribution in [3.05, 3.63) is 71.4 Å². The third-order valence-corrected chi connectivity index (χ3v) is 4.89. The maximum atomic E-state index is 13.3. The van der Waals surface area contributed by atoms with Crippen molar-refractivity contribution in [2.45, 2.75) is 20.0 Å². The summed E-state index contributed by atoms with van der Waals surface area (Å²) >= 11 is 0. The zero-order chi connectivity index (χ0) is 21.8. The molecular weight excluding hydrogens is 400 g/mol. The molecule has 1 N–H and O–H groups in total. The van der Waals surface area contributed by atoms with E-state index < -0.39 is 0 Å². The first-order valence-corrected chi connectivity index (χ1v) is 9.85. The van der Waals surface area contributed by atoms with Crippen molar-refractivity contribution in [1.29, 1.82) is 0 Å². The number of fused-ring (bicyclic) bond motifs is 1. The molecular formula is C22H22N4O5. The number of hydrogen-bond donors (Lipinski definition) is 1. The highest BCUT2D eigenvalue weighted by Crippen LogP contribution is 2.28. The minimum atomic E-state index is -0.287. The van der Waals surface area contributed by atoms with Gasteiger partial charge in [-0.15, -0.1) is 10.2 Å². The van der Waals surface area contributed by atoms with Crippen molar-refractivity contribution >= 4 is 17.5 Å². The van der Waals surface area contributed by atoms with Gasteiger partial charge in [0.05, 0.1) is 13.2 Å². The summed E-state index contributed by atoms with van der Waals surface area (Å²) in [6.07, 6.45) is 0. The number of carbonyl (C=O) groups is 2. The van der Waals surface area contributed by atoms with E-state index in [1.807, 2.05) is 24.3 Å². The van der Waals surface area contributed by atoms with Crippen molar-refractivity contribution < 1.29 is 23.8 Å². The van der Waals surface area contributed by atoms with Gasteiger partial charge in [0.15, 0.2) is 0 Å². The van der Waals surface area contributed by atoms with Gasteiger partial charge in [-0.05, 0) is 35.9 Å². The van der Waals surface area contributed by atoms with Crippen LogP contribution in [0.5, 0.6) is 5.75 Å². The molecule has 31 heavy (non-hydrogen) atoms. The summed E-state index contributed by atoms with van der Waals surface area (Å²) in [4.78, 5) is 29.4. The number of aliphatic hydroxyl groups is 1. The number of aliphatic hydroxyl groups excluding tert-OH is 1. The van der Waals surface area contributed by atoms with E-state index in [2.05, 4.69) is 10.2 Å². The molecule has 0 unspecified atom stereocenters. The smallest absolute Gasteiger partial charge is 0.258 e. The molecule has 160 valence electrons. The summed E-state index contributed by atoms with van der Waals surface area (Å²) in [5.74, 6) is 0.828. The van der Waals surface area contributed by atoms with Crippen LogP contribution in [0.1, 0.15) is 27.7 Å². The molecule has 0 radical (unpaired) electrons. The van der Waals surface area contributed by atoms with Gasteiger partial charge in [0.1, 0.15) is 18.9 Å². The molecule has 1 aromatic heterocycles. The molecule has 2 heterocycles. The number of benzene rings is 2. The Morgan fingerprint density at radius 2 is 1.90 bits per heavy atom. The van der Waals surface area contributed by atoms with E-state index in [1.54, 1.807) is 36.1 Å². The molecule has 0 bridgehead atoms. The first kappa shape index (κ1) is 20.5. The molecule has 0 spiro atoms. The number of rotatable bonds is 6. The van der Waals surface area contributed by atoms with Crippen LogP contribution in [0.25, 0.3) is 0 Å². The van der Waals surface area contributed by atoms with Gasteiger partial charge in [-0.25, -0.2) is 0 Å². The second-order valence-electron chi connectivity index (χ2n) is 7.08. The predicted molar refractivity (Wildman–Crippen MR) is 110 cm³/mol. The Kier molecular flexibility index (Phi) is 5.94. The zero-order valence-corrected chi connectivity index (χ0v) is 17.0. The molecule has 1 aliphatic rings. The van der Waals surface area contributed by atoms with Crippen LogP contribution in [0.15, 0.2) is 52.9 Å². The first-order chi connectivity index (χ1) is 15.0. The fourth-order valence-corrected chi connectivity index (χ4v) is 3.43. The number of aryl methyl sites for hydroxylation is 1. The largest absolute Gasteiger partial charge is 0.491 e. The Labute approximate surface area is 178 Å². The van der Waals surface area contributed by atoms with Crippen LogP contribution in [-0.4, -0.2) is 51.8 Å². The zero-order valence-electron chi connectivity index (χ0n) is 17.0. The second kappa shape index (κ2) is 8.97. The molecule has 0 saturated carbocycles. The van der Waals surface area contributed by atoms with Gasteiger partial charge in [-0.2, -0.15) is 0 Å². The van der Waals surface area contributed by atoms with Gasteiger partial charge in [-0.1, -0.05) is 18.2 Å². The van der Waals surface area contributed by atoms with E-state index in [1.165, 1.54) is 4.90 Å². The Bertz CT molecular complexity index is 1080. The van der Waals surface area contributed by atoms with Crippen LogP contribution in [0, 0.1) is 6.92 Å². The number of nitrogens with zero attached hydrogens (tertiary/aromatic N) is 4. The molecule has 2 aromatic carbocycles. The van der Waals surface area contributed by atoms with Crippen molar-refractivity contribution in [3.63, 3.8) is 0 Å². The minimum Gasteiger partial charge on any atom is -0.491 e. The van der Waals surface area contributed by atoms with Crippen LogP contribution in [0.3, 0.4) is 0 Å². The van der Waals surface area contributed by atoms with Crippen LogP contribution in [0.4, 0.5) is 5.69 Å². The van der Waals surface area contributed by atoms with Gasteiger partial charge in [0.2, 0.25) is 17.7 Å². The molecule has 9 heteroatoms. The lowest BCUT2D eigenvalue weighted by Gasteiger charge is -2.22. The normalized spacial score (nSPS) is 13.7. The fourth-order valence-electron chi connectivity index (χ4n) is 3.43. The maximum absolute atomic E-state index is 13.3. The molecule has 4 rings (SSSR count). The van der Waals surface area contributed by atoms with Gasteiger partial charge in [0.25, 0.3) is 5.91 Å². The van der Waals surface area contributed by atoms with Crippen molar-refractivity contribution in [2.24, 2.45) is 0 Å². The number of aromatic nitrogens is 2. The Morgan fingerprint density at radius 3 is 2.61 bits per heavy atom. The standard InChI is InChI=1S/C22H22N4O5/c1-15-23-24-20(31-15)13-25-12-17-4-2-3-5-19(17)26(14-21(25)28)22(29)16-6-8-18(9-7-16)30-11-10-27/h2-9,27H,10-14H2,1H3. The van der Waals surface area contributed by atoms with E-state index in [-0.39, 0.29) is 38.1 Å². The van der Waals surface area contributed by atoms with Crippen molar-refractivity contribution in [3.8, 4) is 5.75 Å². The number of anilines is 1. The molecule has 1 aliphatic heterocycles. The van der Waals surface area contributed by atoms with Gasteiger partial charge in [-0.3, -0.25) is 14.5 Å². The SMILES string of the molecule is Cc1nnc(CN2Cc3ccccc3N(C(=O)c3ccc(OCCO)cc3)CC2=O)o1. The molecule has 0 aliphatic carbocycles. The van der Waals surface area contributed by atoms with Gasteiger partial charge >= 0.3 is 0 Å². The van der Waals surface area contributed by atoms with Crippen LogP contribution < -0.4 is 9.64 Å². The highest BCUT2D eigenvalue weighted by Gasteiger charge is 2.30. The summed E-state index contributed by atoms with van der Waals surface area (Å²) in [6, 6.07) is 14.1. The van der Waals surface area contributed by atoms with E-state index in [9.17, 15) is 9.59 Å². The maximum Gasteiger partial charge on any atom is 0.258 e. The van der Waals surface area contributed by atoms with Crippen molar-refractivity contribution in [1.82, 2.24) is 15.1 Å². The number of hydrogen-bond acceptors (Lipinski definition) is 7. The van der Waals surface area contributed by atoms with Gasteiger partial charge in [0, 0.05) is 24.7 Å². The Balaban J connectivity index is 1.59. The monoisotopic (exact) mass is 422 g/mol. The van der Waals surface area contributed by atoms with E-state index in [4.69, 9.17) is 14.3 Å². The summed E-state index contributed by atoms with van der Waals surface area (Å²) in [6.45, 7) is 2.17. The number of ether oxygens (including phenoxy) is 1. The van der Waals surface area contributed by atoms with Crippen LogP contribution >= 0.6 is 0 Å². The molecule has 0 atom stereocenters. The lowest BCUT2D eigenvalue weighted by Crippen LogP contribution is -2.40. The quantitative estimate of drug-likeness (QED) is 0.647. The first-order valence-electron chi connectivity index (χ1n) is 9.85. The highest BCUT2D eigenvalue weighted by molar-refractivity contribution is 6.09. The molecule has 3 aromatic rings. The lowest BCUT2D eigenvalue weighted by molar-refractivity contribution is -0.131. The molecule has 0 fully saturated rings. The number of carbonyl (C=O) groups excluding carboxylic acids is 2. The molecule has 0 saturated heterocycles. The topological polar surface area (TPSA) is 109 Å². The number of para-hydroxylation sites is 1. The predicted octanol–water partition coefficient (Wildman–Crippen LogP) is 1.94. The fraction of sp³-hybridized carbons (Fsp3) is 0.273. The highest BCUT2D eigenvalue weighted by atomic mass is 16.5. The van der Waals surface area contributed by atoms with E-state index >= 15 is 0 Å². The van der Waals surface area contributed by atoms with E-state index in [0.29, 0.717) is 35.3 Å². The summed E-state index contributed by atoms with van der Waals surface area (Å²) in [5, 5.41) is 16.6. The third kappa shape index (κ3) is 4.56. The summed E-state index contributed by atoms with van der Waals surface area (Å²) in [7, 11) is 0. The minimum absolute atomic E-state index is 0.0903. The second-order valence-corrected chi connectivity index (χ2v) is 7.08. The summed E-state index contributed by atoms with van der Waals surface area (Å²) < 4.78 is 10.8. The van der Waals surface area contributed by atoms with Gasteiger partial charge < -0.3 is 19.2 Å². The van der Waals surface area contributed by atoms with Crippen LogP contribution in [0.2, 0.25) is 0 Å². The Hall–Kier alpha value is -3.72. The summed E-state index contributed by atoms with van der Waals surface area (Å²) in [5.41, 5.74) is 1.96. The van der Waals surface area contributed by atoms with E-state index in [0.717, 1.165) is 5.56 Å². The average Bonchev–Trinajstić information content (AvgIpc) is 3.14. The van der Waals surface area contributed by atoms with Crippen LogP contribution in [-0.2, 0) is 17.9 Å². The average molecular weight is 422 g/mol.